The number of carbonyl (C=O) groups excluding carboxylic acids is 1. The Hall–Kier alpha value is -3.46. The zero-order valence-electron chi connectivity index (χ0n) is 24.0. The number of nitrogens with zero attached hydrogens (tertiary/aromatic N) is 3. The number of hydrogen-bond donors (Lipinski definition) is 2. The van der Waals surface area contributed by atoms with Crippen molar-refractivity contribution in [2.75, 3.05) is 5.32 Å². The average molecular weight is 613 g/mol. The molecule has 220 valence electrons. The van der Waals surface area contributed by atoms with Crippen LogP contribution < -0.4 is 11.1 Å². The van der Waals surface area contributed by atoms with E-state index >= 15 is 8.78 Å². The van der Waals surface area contributed by atoms with Gasteiger partial charge in [0.1, 0.15) is 11.6 Å². The lowest BCUT2D eigenvalue weighted by atomic mass is 9.87. The highest BCUT2D eigenvalue weighted by Crippen LogP contribution is 2.41. The number of benzene rings is 3. The highest BCUT2D eigenvalue weighted by molar-refractivity contribution is 6.35. The van der Waals surface area contributed by atoms with E-state index in [-0.39, 0.29) is 16.8 Å². The Bertz CT molecular complexity index is 1660. The molecule has 42 heavy (non-hydrogen) atoms. The number of para-hydroxylation sites is 1. The van der Waals surface area contributed by atoms with Gasteiger partial charge in [-0.25, -0.2) is 18.3 Å². The van der Waals surface area contributed by atoms with Crippen LogP contribution in [0.1, 0.15) is 55.6 Å². The number of amides is 2. The van der Waals surface area contributed by atoms with Gasteiger partial charge in [-0.05, 0) is 61.6 Å². The molecular weight excluding hydrogens is 579 g/mol. The predicted molar refractivity (Wildman–Crippen MR) is 164 cm³/mol. The Balaban J connectivity index is 1.73. The number of primary amides is 1. The molecule has 0 bridgehead atoms. The summed E-state index contributed by atoms with van der Waals surface area (Å²) in [5.74, 6) is -1.50. The Morgan fingerprint density at radius 2 is 1.71 bits per heavy atom. The van der Waals surface area contributed by atoms with E-state index in [4.69, 9.17) is 34.0 Å². The number of anilines is 1. The summed E-state index contributed by atoms with van der Waals surface area (Å²) in [6.07, 6.45) is 2.05. The van der Waals surface area contributed by atoms with Crippen molar-refractivity contribution in [1.82, 2.24) is 14.7 Å². The van der Waals surface area contributed by atoms with E-state index in [9.17, 15) is 4.79 Å². The number of nitrogens with two attached hydrogens (primary N) is 1. The molecule has 6 nitrogen and oxygen atoms in total. The number of aromatic nitrogens is 2. The molecule has 2 amide bonds. The third-order valence-electron chi connectivity index (χ3n) is 7.99. The Morgan fingerprint density at radius 1 is 1.02 bits per heavy atom. The van der Waals surface area contributed by atoms with Crippen molar-refractivity contribution >= 4 is 34.9 Å². The fourth-order valence-corrected chi connectivity index (χ4v) is 6.21. The number of halogens is 4. The van der Waals surface area contributed by atoms with Crippen LogP contribution in [0.15, 0.2) is 48.5 Å². The van der Waals surface area contributed by atoms with Crippen molar-refractivity contribution in [2.24, 2.45) is 5.73 Å². The first kappa shape index (κ1) is 30.0. The van der Waals surface area contributed by atoms with Crippen molar-refractivity contribution < 1.29 is 13.6 Å². The van der Waals surface area contributed by atoms with Crippen LogP contribution in [0.3, 0.4) is 0 Å². The minimum absolute atomic E-state index is 0.0495. The summed E-state index contributed by atoms with van der Waals surface area (Å²) < 4.78 is 33.0. The molecule has 3 N–H and O–H groups in total. The van der Waals surface area contributed by atoms with E-state index < -0.39 is 17.7 Å². The number of carbonyl (C=O) groups is 1. The molecule has 0 saturated carbocycles. The monoisotopic (exact) mass is 611 g/mol. The average Bonchev–Trinajstić information content (AvgIpc) is 3.27. The maximum atomic E-state index is 15.9. The normalized spacial score (nSPS) is 14.6. The van der Waals surface area contributed by atoms with Crippen LogP contribution in [0.2, 0.25) is 10.0 Å². The van der Waals surface area contributed by atoms with E-state index in [2.05, 4.69) is 37.9 Å². The van der Waals surface area contributed by atoms with Crippen molar-refractivity contribution in [3.05, 3.63) is 98.2 Å². The number of aryl methyl sites for hydroxylation is 2. The largest absolute Gasteiger partial charge is 0.351 e. The smallest absolute Gasteiger partial charge is 0.316 e. The second-order valence-corrected chi connectivity index (χ2v) is 12.0. The lowest BCUT2D eigenvalue weighted by Gasteiger charge is -2.42. The van der Waals surface area contributed by atoms with Gasteiger partial charge in [0.05, 0.1) is 22.8 Å². The Kier molecular flexibility index (Phi) is 8.34. The maximum absolute atomic E-state index is 15.9. The first-order chi connectivity index (χ1) is 19.9. The summed E-state index contributed by atoms with van der Waals surface area (Å²) in [5, 5.41) is 8.37. The van der Waals surface area contributed by atoms with Crippen molar-refractivity contribution in [2.45, 2.75) is 65.6 Å². The quantitative estimate of drug-likeness (QED) is 0.222. The fraction of sp³-hybridized carbons (Fsp3) is 0.312. The Morgan fingerprint density at radius 3 is 2.33 bits per heavy atom. The van der Waals surface area contributed by atoms with Crippen LogP contribution in [-0.2, 0) is 32.4 Å². The van der Waals surface area contributed by atoms with Crippen LogP contribution in [0.5, 0.6) is 0 Å². The van der Waals surface area contributed by atoms with E-state index in [1.165, 1.54) is 0 Å². The molecule has 3 aromatic carbocycles. The van der Waals surface area contributed by atoms with Gasteiger partial charge in [-0.3, -0.25) is 4.90 Å². The maximum Gasteiger partial charge on any atom is 0.316 e. The summed E-state index contributed by atoms with van der Waals surface area (Å²) in [7, 11) is 0. The van der Waals surface area contributed by atoms with Crippen molar-refractivity contribution in [1.29, 1.82) is 0 Å². The summed E-state index contributed by atoms with van der Waals surface area (Å²) in [6.45, 7) is 9.35. The van der Waals surface area contributed by atoms with Gasteiger partial charge in [0, 0.05) is 52.3 Å². The van der Waals surface area contributed by atoms with E-state index in [0.29, 0.717) is 35.2 Å². The molecule has 10 heteroatoms. The molecule has 1 aliphatic rings. The van der Waals surface area contributed by atoms with E-state index in [1.54, 1.807) is 10.7 Å². The molecule has 4 aromatic rings. The van der Waals surface area contributed by atoms with Gasteiger partial charge in [0.15, 0.2) is 0 Å². The lowest BCUT2D eigenvalue weighted by Crippen LogP contribution is -2.47. The molecule has 0 aliphatic carbocycles. The lowest BCUT2D eigenvalue weighted by molar-refractivity contribution is 0.0883. The zero-order valence-corrected chi connectivity index (χ0v) is 25.5. The minimum Gasteiger partial charge on any atom is -0.351 e. The molecule has 0 unspecified atom stereocenters. The van der Waals surface area contributed by atoms with Crippen molar-refractivity contribution in [3.8, 4) is 16.9 Å². The van der Waals surface area contributed by atoms with Crippen LogP contribution in [0.4, 0.5) is 19.3 Å². The molecule has 1 aliphatic heterocycles. The van der Waals surface area contributed by atoms with E-state index in [0.717, 1.165) is 58.6 Å². The highest BCUT2D eigenvalue weighted by Gasteiger charge is 2.38. The second-order valence-electron chi connectivity index (χ2n) is 11.2. The van der Waals surface area contributed by atoms with Crippen LogP contribution >= 0.6 is 23.2 Å². The SMILES string of the molecule is CCc1cccc(CC)c1-n1nc2c(c1-c1cc(F)c(NC(N)=O)cc1F)CN(Cc1ccc(Cl)cc1Cl)C(C)(C)C2. The van der Waals surface area contributed by atoms with Crippen LogP contribution in [-0.4, -0.2) is 26.3 Å². The summed E-state index contributed by atoms with van der Waals surface area (Å²) >= 11 is 12.7. The van der Waals surface area contributed by atoms with Gasteiger partial charge < -0.3 is 11.1 Å². The zero-order chi connectivity index (χ0) is 30.3. The van der Waals surface area contributed by atoms with Gasteiger partial charge in [-0.15, -0.1) is 0 Å². The topological polar surface area (TPSA) is 76.2 Å². The molecule has 0 radical (unpaired) electrons. The van der Waals surface area contributed by atoms with Gasteiger partial charge in [-0.2, -0.15) is 5.10 Å². The first-order valence-electron chi connectivity index (χ1n) is 13.9. The molecule has 1 aromatic heterocycles. The van der Waals surface area contributed by atoms with Crippen molar-refractivity contribution in [3.63, 3.8) is 0 Å². The first-order valence-corrected chi connectivity index (χ1v) is 14.7. The second kappa shape index (κ2) is 11.7. The third kappa shape index (κ3) is 5.63. The standard InChI is InChI=1S/C32H33Cl2F2N5O/c1-5-18-8-7-9-19(6-2)29(18)41-30(22-13-26(36)27(14-25(22)35)38-31(37)42)23-17-40(32(3,4)15-28(23)39-41)16-20-10-11-21(33)12-24(20)34/h7-14H,5-6,15-17H2,1-4H3,(H3,37,38,42). The Labute approximate surface area is 254 Å². The summed E-state index contributed by atoms with van der Waals surface area (Å²) in [4.78, 5) is 13.7. The molecule has 2 heterocycles. The van der Waals surface area contributed by atoms with E-state index in [1.807, 2.05) is 30.3 Å². The predicted octanol–water partition coefficient (Wildman–Crippen LogP) is 8.08. The van der Waals surface area contributed by atoms with Crippen LogP contribution in [0, 0.1) is 11.6 Å². The van der Waals surface area contributed by atoms with Gasteiger partial charge in [0.2, 0.25) is 0 Å². The molecule has 5 rings (SSSR count). The highest BCUT2D eigenvalue weighted by atomic mass is 35.5. The van der Waals surface area contributed by atoms with Gasteiger partial charge >= 0.3 is 6.03 Å². The summed E-state index contributed by atoms with van der Waals surface area (Å²) in [5.41, 5.74) is 10.6. The van der Waals surface area contributed by atoms with Crippen LogP contribution in [0.25, 0.3) is 16.9 Å². The number of urea groups is 1. The molecule has 0 fully saturated rings. The van der Waals surface area contributed by atoms with Gasteiger partial charge in [-0.1, -0.05) is 61.3 Å². The molecule has 0 saturated heterocycles. The van der Waals surface area contributed by atoms with Gasteiger partial charge in [0.25, 0.3) is 0 Å². The molecule has 0 atom stereocenters. The number of fused-ring (bicyclic) bond motifs is 1. The third-order valence-corrected chi connectivity index (χ3v) is 8.58. The number of hydrogen-bond acceptors (Lipinski definition) is 3. The fourth-order valence-electron chi connectivity index (χ4n) is 5.74. The summed E-state index contributed by atoms with van der Waals surface area (Å²) in [6, 6.07) is 12.6. The molecular formula is C32H33Cl2F2N5O. The minimum atomic E-state index is -0.980. The molecule has 0 spiro atoms. The number of nitrogens with one attached hydrogen (secondary N) is 1. The number of rotatable bonds is 7.